The van der Waals surface area contributed by atoms with Gasteiger partial charge in [-0.3, -0.25) is 9.59 Å². The van der Waals surface area contributed by atoms with Crippen molar-refractivity contribution >= 4 is 34.8 Å². The monoisotopic (exact) mass is 400 g/mol. The molecule has 1 saturated heterocycles. The van der Waals surface area contributed by atoms with Gasteiger partial charge in [-0.15, -0.1) is 11.3 Å². The summed E-state index contributed by atoms with van der Waals surface area (Å²) >= 11 is 1.34. The molecule has 1 atom stereocenters. The zero-order valence-electron chi connectivity index (χ0n) is 15.8. The lowest BCUT2D eigenvalue weighted by Crippen LogP contribution is -2.40. The molecule has 2 heterocycles. The third-order valence-electron chi connectivity index (χ3n) is 4.65. The highest BCUT2D eigenvalue weighted by atomic mass is 32.1. The van der Waals surface area contributed by atoms with Crippen LogP contribution in [0.1, 0.15) is 52.6 Å². The third-order valence-corrected chi connectivity index (χ3v) is 5.52. The van der Waals surface area contributed by atoms with Gasteiger partial charge in [0.05, 0.1) is 10.4 Å². The van der Waals surface area contributed by atoms with E-state index in [4.69, 9.17) is 4.74 Å². The molecule has 0 bridgehead atoms. The largest absolute Gasteiger partial charge is 0.449 e. The fourth-order valence-corrected chi connectivity index (χ4v) is 3.77. The van der Waals surface area contributed by atoms with E-state index in [-0.39, 0.29) is 11.8 Å². The highest BCUT2D eigenvalue weighted by Crippen LogP contribution is 2.17. The van der Waals surface area contributed by atoms with Gasteiger partial charge < -0.3 is 15.0 Å². The van der Waals surface area contributed by atoms with E-state index in [1.54, 1.807) is 48.2 Å². The Morgan fingerprint density at radius 1 is 1.07 bits per heavy atom. The predicted octanol–water partition coefficient (Wildman–Crippen LogP) is 3.95. The van der Waals surface area contributed by atoms with Crippen LogP contribution in [0, 0.1) is 0 Å². The summed E-state index contributed by atoms with van der Waals surface area (Å²) in [7, 11) is 0. The van der Waals surface area contributed by atoms with Crippen molar-refractivity contribution in [2.24, 2.45) is 0 Å². The molecule has 1 aliphatic heterocycles. The molecular weight excluding hydrogens is 376 g/mol. The fraction of sp³-hybridized carbons (Fsp3) is 0.381. The molecule has 1 aromatic heterocycles. The number of esters is 1. The van der Waals surface area contributed by atoms with Gasteiger partial charge in [0.15, 0.2) is 6.10 Å². The van der Waals surface area contributed by atoms with Crippen LogP contribution < -0.4 is 5.32 Å². The molecule has 7 heteroatoms. The minimum Gasteiger partial charge on any atom is -0.449 e. The topological polar surface area (TPSA) is 75.7 Å². The van der Waals surface area contributed by atoms with Crippen molar-refractivity contribution in [2.45, 2.75) is 38.7 Å². The minimum atomic E-state index is -0.838. The number of hydrogen-bond donors (Lipinski definition) is 1. The van der Waals surface area contributed by atoms with Gasteiger partial charge in [-0.2, -0.15) is 0 Å². The van der Waals surface area contributed by atoms with Crippen molar-refractivity contribution < 1.29 is 19.1 Å². The molecule has 0 radical (unpaired) electrons. The van der Waals surface area contributed by atoms with Crippen molar-refractivity contribution in [1.82, 2.24) is 4.90 Å². The molecule has 6 nitrogen and oxygen atoms in total. The van der Waals surface area contributed by atoms with Gasteiger partial charge in [0, 0.05) is 18.8 Å². The Balaban J connectivity index is 1.60. The molecule has 1 N–H and O–H groups in total. The lowest BCUT2D eigenvalue weighted by molar-refractivity contribution is -0.139. The summed E-state index contributed by atoms with van der Waals surface area (Å²) in [6, 6.07) is 10.1. The van der Waals surface area contributed by atoms with Gasteiger partial charge in [0.1, 0.15) is 0 Å². The molecule has 0 unspecified atom stereocenters. The molecule has 2 amide bonds. The van der Waals surface area contributed by atoms with Crippen molar-refractivity contribution in [3.8, 4) is 0 Å². The Bertz CT molecular complexity index is 827. The number of anilines is 1. The van der Waals surface area contributed by atoms with Crippen LogP contribution >= 0.6 is 11.3 Å². The average Bonchev–Trinajstić information content (AvgIpc) is 3.10. The summed E-state index contributed by atoms with van der Waals surface area (Å²) in [5, 5.41) is 4.59. The molecule has 148 valence electrons. The first-order valence-electron chi connectivity index (χ1n) is 9.49. The highest BCUT2D eigenvalue weighted by molar-refractivity contribution is 7.12. The smallest absolute Gasteiger partial charge is 0.338 e. The zero-order valence-corrected chi connectivity index (χ0v) is 16.7. The van der Waals surface area contributed by atoms with Gasteiger partial charge in [0.2, 0.25) is 0 Å². The van der Waals surface area contributed by atoms with Gasteiger partial charge in [-0.1, -0.05) is 25.0 Å². The number of likely N-dealkylation sites (tertiary alicyclic amines) is 1. The molecule has 1 aliphatic rings. The van der Waals surface area contributed by atoms with E-state index in [1.807, 2.05) is 5.38 Å². The van der Waals surface area contributed by atoms with Crippen LogP contribution in [-0.4, -0.2) is 41.9 Å². The van der Waals surface area contributed by atoms with Crippen molar-refractivity contribution in [1.29, 1.82) is 0 Å². The number of benzene rings is 1. The summed E-state index contributed by atoms with van der Waals surface area (Å²) in [5.41, 5.74) is 0.791. The predicted molar refractivity (Wildman–Crippen MR) is 109 cm³/mol. The fourth-order valence-electron chi connectivity index (χ4n) is 3.15. The van der Waals surface area contributed by atoms with Crippen LogP contribution in [-0.2, 0) is 9.53 Å². The van der Waals surface area contributed by atoms with E-state index in [9.17, 15) is 14.4 Å². The molecule has 0 saturated carbocycles. The highest BCUT2D eigenvalue weighted by Gasteiger charge is 2.25. The van der Waals surface area contributed by atoms with Crippen LogP contribution in [0.3, 0.4) is 0 Å². The van der Waals surface area contributed by atoms with Crippen molar-refractivity contribution in [3.63, 3.8) is 0 Å². The standard InChI is InChI=1S/C21H24N2O4S/c1-15(20(25)23-11-4-2-3-5-12-23)27-21(26)16-8-6-9-17(14-16)22-19(24)18-10-7-13-28-18/h6-10,13-15H,2-5,11-12H2,1H3,(H,22,24)/t15-/m0/s1. The number of carbonyl (C=O) groups excluding carboxylic acids is 3. The molecule has 1 aromatic carbocycles. The second kappa shape index (κ2) is 9.50. The Morgan fingerprint density at radius 2 is 1.82 bits per heavy atom. The van der Waals surface area contributed by atoms with Gasteiger partial charge in [-0.05, 0) is 49.4 Å². The van der Waals surface area contributed by atoms with E-state index in [0.717, 1.165) is 25.7 Å². The Morgan fingerprint density at radius 3 is 2.50 bits per heavy atom. The number of amides is 2. The number of nitrogens with zero attached hydrogens (tertiary/aromatic N) is 1. The van der Waals surface area contributed by atoms with E-state index in [1.165, 1.54) is 11.3 Å². The number of rotatable bonds is 5. The van der Waals surface area contributed by atoms with E-state index in [0.29, 0.717) is 29.2 Å². The molecule has 0 aliphatic carbocycles. The van der Waals surface area contributed by atoms with Crippen LogP contribution in [0.5, 0.6) is 0 Å². The molecule has 2 aromatic rings. The summed E-state index contributed by atoms with van der Waals surface area (Å²) in [4.78, 5) is 39.6. The maximum Gasteiger partial charge on any atom is 0.338 e. The minimum absolute atomic E-state index is 0.155. The number of hydrogen-bond acceptors (Lipinski definition) is 5. The first-order chi connectivity index (χ1) is 13.5. The number of ether oxygens (including phenoxy) is 1. The second-order valence-corrected chi connectivity index (χ2v) is 7.75. The average molecular weight is 401 g/mol. The lowest BCUT2D eigenvalue weighted by atomic mass is 10.2. The van der Waals surface area contributed by atoms with Crippen molar-refractivity contribution in [2.75, 3.05) is 18.4 Å². The first-order valence-corrected chi connectivity index (χ1v) is 10.4. The van der Waals surface area contributed by atoms with E-state index < -0.39 is 12.1 Å². The lowest BCUT2D eigenvalue weighted by Gasteiger charge is -2.24. The van der Waals surface area contributed by atoms with Gasteiger partial charge in [0.25, 0.3) is 11.8 Å². The molecule has 1 fully saturated rings. The third kappa shape index (κ3) is 5.19. The normalized spacial score (nSPS) is 15.4. The quantitative estimate of drug-likeness (QED) is 0.771. The van der Waals surface area contributed by atoms with Crippen LogP contribution in [0.2, 0.25) is 0 Å². The van der Waals surface area contributed by atoms with E-state index >= 15 is 0 Å². The number of nitrogens with one attached hydrogen (secondary N) is 1. The van der Waals surface area contributed by atoms with Crippen LogP contribution in [0.15, 0.2) is 41.8 Å². The Kier molecular flexibility index (Phi) is 6.81. The summed E-state index contributed by atoms with van der Waals surface area (Å²) < 4.78 is 5.38. The zero-order chi connectivity index (χ0) is 19.9. The summed E-state index contributed by atoms with van der Waals surface area (Å²) in [5.74, 6) is -0.967. The van der Waals surface area contributed by atoms with Gasteiger partial charge in [-0.25, -0.2) is 4.79 Å². The van der Waals surface area contributed by atoms with E-state index in [2.05, 4.69) is 5.32 Å². The van der Waals surface area contributed by atoms with Crippen LogP contribution in [0.25, 0.3) is 0 Å². The maximum atomic E-state index is 12.6. The molecule has 28 heavy (non-hydrogen) atoms. The second-order valence-electron chi connectivity index (χ2n) is 6.80. The molecular formula is C21H24N2O4S. The van der Waals surface area contributed by atoms with Crippen molar-refractivity contribution in [3.05, 3.63) is 52.2 Å². The maximum absolute atomic E-state index is 12.6. The summed E-state index contributed by atoms with van der Waals surface area (Å²) in [6.45, 7) is 3.03. The Labute approximate surface area is 168 Å². The molecule has 3 rings (SSSR count). The Hall–Kier alpha value is -2.67. The number of carbonyl (C=O) groups is 3. The first kappa shape index (κ1) is 20.1. The van der Waals surface area contributed by atoms with Crippen LogP contribution in [0.4, 0.5) is 5.69 Å². The SMILES string of the molecule is C[C@H](OC(=O)c1cccc(NC(=O)c2cccs2)c1)C(=O)N1CCCCCC1. The van der Waals surface area contributed by atoms with Gasteiger partial charge >= 0.3 is 5.97 Å². The summed E-state index contributed by atoms with van der Waals surface area (Å²) in [6.07, 6.45) is 3.38. The molecule has 0 spiro atoms. The number of thiophene rings is 1.